The van der Waals surface area contributed by atoms with Crippen LogP contribution in [-0.4, -0.2) is 44.7 Å². The number of unbranched alkanes of at least 4 members (excludes halogenated alkanes) is 1. The van der Waals surface area contributed by atoms with Gasteiger partial charge in [-0.05, 0) is 37.0 Å². The van der Waals surface area contributed by atoms with E-state index in [9.17, 15) is 36.5 Å². The first-order valence-corrected chi connectivity index (χ1v) is 15.1. The number of ether oxygens (including phenoxy) is 3. The van der Waals surface area contributed by atoms with E-state index in [1.807, 2.05) is 6.92 Å². The van der Waals surface area contributed by atoms with Crippen LogP contribution in [0.5, 0.6) is 11.5 Å². The molecule has 2 aromatic carbocycles. The molecular formula is C29H27F3N2O9S. The van der Waals surface area contributed by atoms with Crippen LogP contribution in [0.25, 0.3) is 5.57 Å². The molecule has 2 heterocycles. The summed E-state index contributed by atoms with van der Waals surface area (Å²) in [5.74, 6) is -1.59. The number of allylic oxidation sites excluding steroid dienone is 4. The molecule has 5 rings (SSSR count). The second-order valence-electron chi connectivity index (χ2n) is 9.94. The van der Waals surface area contributed by atoms with Crippen LogP contribution in [-0.2, 0) is 37.0 Å². The van der Waals surface area contributed by atoms with Gasteiger partial charge >= 0.3 is 12.1 Å². The molecule has 0 saturated heterocycles. The zero-order chi connectivity index (χ0) is 31.6. The summed E-state index contributed by atoms with van der Waals surface area (Å²) in [6.07, 6.45) is 1.79. The van der Waals surface area contributed by atoms with Gasteiger partial charge in [0.1, 0.15) is 10.9 Å². The maximum Gasteiger partial charge on any atom is 0.418 e. The molecule has 2 aromatic rings. The van der Waals surface area contributed by atoms with E-state index in [1.54, 1.807) is 24.3 Å². The predicted molar refractivity (Wildman–Crippen MR) is 150 cm³/mol. The quantitative estimate of drug-likeness (QED) is 0.149. The Morgan fingerprint density at radius 3 is 2.50 bits per heavy atom. The number of nitrogens with zero attached hydrogens (tertiary/aromatic N) is 2. The summed E-state index contributed by atoms with van der Waals surface area (Å²) in [5.41, 5.74) is -1.56. The average Bonchev–Trinajstić information content (AvgIpc) is 3.48. The van der Waals surface area contributed by atoms with E-state index in [-0.39, 0.29) is 49.7 Å². The van der Waals surface area contributed by atoms with Crippen molar-refractivity contribution < 1.29 is 50.5 Å². The van der Waals surface area contributed by atoms with Gasteiger partial charge in [0, 0.05) is 17.1 Å². The molecule has 0 saturated carbocycles. The third kappa shape index (κ3) is 5.70. The fourth-order valence-electron chi connectivity index (χ4n) is 5.42. The van der Waals surface area contributed by atoms with Crippen molar-refractivity contribution >= 4 is 27.3 Å². The van der Waals surface area contributed by atoms with Crippen molar-refractivity contribution in [3.05, 3.63) is 93.2 Å². The number of carbonyl (C=O) groups excluding carboxylic acids is 1. The molecule has 0 aromatic heterocycles. The highest BCUT2D eigenvalue weighted by atomic mass is 32.2. The van der Waals surface area contributed by atoms with Gasteiger partial charge in [0.2, 0.25) is 16.8 Å². The molecule has 2 atom stereocenters. The predicted octanol–water partition coefficient (Wildman–Crippen LogP) is 5.20. The SMILES string of the molecule is CCc1ccc(C2=C(C(=O)OCCCCO[N+](=O)[O-])N(c3ccccc3C(F)(F)F)S(=O)(=O)C3C=CC=CC23)c2c1OCO2. The monoisotopic (exact) mass is 636 g/mol. The van der Waals surface area contributed by atoms with Crippen LogP contribution >= 0.6 is 0 Å². The van der Waals surface area contributed by atoms with Crippen LogP contribution in [0.15, 0.2) is 66.4 Å². The topological polar surface area (TPSA) is 135 Å². The molecule has 0 radical (unpaired) electrons. The summed E-state index contributed by atoms with van der Waals surface area (Å²) < 4.78 is 88.7. The van der Waals surface area contributed by atoms with Gasteiger partial charge in [-0.2, -0.15) is 13.2 Å². The summed E-state index contributed by atoms with van der Waals surface area (Å²) in [5, 5.41) is 8.06. The molecule has 0 bridgehead atoms. The zero-order valence-electron chi connectivity index (χ0n) is 23.3. The number of halogens is 3. The van der Waals surface area contributed by atoms with Crippen LogP contribution in [0, 0.1) is 16.0 Å². The molecule has 234 valence electrons. The Bertz CT molecular complexity index is 1670. The van der Waals surface area contributed by atoms with Crippen molar-refractivity contribution in [3.63, 3.8) is 0 Å². The average molecular weight is 637 g/mol. The van der Waals surface area contributed by atoms with E-state index < -0.39 is 55.4 Å². The van der Waals surface area contributed by atoms with E-state index in [4.69, 9.17) is 14.2 Å². The molecule has 2 aliphatic heterocycles. The van der Waals surface area contributed by atoms with Gasteiger partial charge in [-0.1, -0.05) is 55.5 Å². The lowest BCUT2D eigenvalue weighted by Crippen LogP contribution is -2.49. The van der Waals surface area contributed by atoms with Crippen molar-refractivity contribution in [2.45, 2.75) is 37.6 Å². The Balaban J connectivity index is 1.74. The van der Waals surface area contributed by atoms with E-state index >= 15 is 0 Å². The van der Waals surface area contributed by atoms with Gasteiger partial charge in [-0.15, -0.1) is 10.1 Å². The third-order valence-corrected chi connectivity index (χ3v) is 9.36. The molecule has 0 spiro atoms. The van der Waals surface area contributed by atoms with E-state index in [0.717, 1.165) is 23.8 Å². The maximum atomic E-state index is 14.3. The highest BCUT2D eigenvalue weighted by Gasteiger charge is 2.51. The van der Waals surface area contributed by atoms with Crippen LogP contribution < -0.4 is 13.8 Å². The third-order valence-electron chi connectivity index (χ3n) is 7.34. The highest BCUT2D eigenvalue weighted by molar-refractivity contribution is 7.94. The number of benzene rings is 2. The molecule has 1 aliphatic carbocycles. The number of aryl methyl sites for hydroxylation is 1. The van der Waals surface area contributed by atoms with Crippen molar-refractivity contribution in [1.82, 2.24) is 0 Å². The summed E-state index contributed by atoms with van der Waals surface area (Å²) in [6.45, 7) is 1.15. The number of carbonyl (C=O) groups is 1. The largest absolute Gasteiger partial charge is 0.461 e. The number of alkyl halides is 3. The number of esters is 1. The summed E-state index contributed by atoms with van der Waals surface area (Å²) in [6, 6.07) is 7.42. The molecule has 44 heavy (non-hydrogen) atoms. The molecule has 0 fully saturated rings. The first kappa shape index (κ1) is 30.9. The van der Waals surface area contributed by atoms with Crippen molar-refractivity contribution in [1.29, 1.82) is 0 Å². The summed E-state index contributed by atoms with van der Waals surface area (Å²) in [4.78, 5) is 28.6. The Morgan fingerprint density at radius 2 is 1.77 bits per heavy atom. The molecule has 15 heteroatoms. The number of fused-ring (bicyclic) bond motifs is 2. The highest BCUT2D eigenvalue weighted by Crippen LogP contribution is 2.52. The number of sulfonamides is 1. The molecule has 0 N–H and O–H groups in total. The second kappa shape index (κ2) is 12.2. The molecule has 2 unspecified atom stereocenters. The van der Waals surface area contributed by atoms with Gasteiger partial charge in [0.15, 0.2) is 11.5 Å². The van der Waals surface area contributed by atoms with Gasteiger partial charge < -0.3 is 19.0 Å². The minimum atomic E-state index is -4.97. The van der Waals surface area contributed by atoms with Crippen molar-refractivity contribution in [2.75, 3.05) is 24.3 Å². The first-order chi connectivity index (χ1) is 21.0. The van der Waals surface area contributed by atoms with E-state index in [2.05, 4.69) is 4.84 Å². The lowest BCUT2D eigenvalue weighted by molar-refractivity contribution is -0.757. The summed E-state index contributed by atoms with van der Waals surface area (Å²) in [7, 11) is -4.70. The van der Waals surface area contributed by atoms with Crippen LogP contribution in [0.4, 0.5) is 18.9 Å². The van der Waals surface area contributed by atoms with Crippen molar-refractivity contribution in [3.8, 4) is 11.5 Å². The van der Waals surface area contributed by atoms with Crippen LogP contribution in [0.3, 0.4) is 0 Å². The maximum absolute atomic E-state index is 14.3. The number of anilines is 1. The fraction of sp³-hybridized carbons (Fsp3) is 0.345. The Labute approximate surface area is 250 Å². The normalized spacial score (nSPS) is 20.0. The van der Waals surface area contributed by atoms with Gasteiger partial charge in [0.25, 0.3) is 5.09 Å². The van der Waals surface area contributed by atoms with Crippen molar-refractivity contribution in [2.24, 2.45) is 5.92 Å². The first-order valence-electron chi connectivity index (χ1n) is 13.6. The number of hydrogen-bond acceptors (Lipinski definition) is 9. The lowest BCUT2D eigenvalue weighted by Gasteiger charge is -2.41. The van der Waals surface area contributed by atoms with Gasteiger partial charge in [-0.25, -0.2) is 17.5 Å². The number of para-hydroxylation sites is 1. The molecule has 3 aliphatic rings. The van der Waals surface area contributed by atoms with Crippen LogP contribution in [0.2, 0.25) is 0 Å². The van der Waals surface area contributed by atoms with Gasteiger partial charge in [-0.3, -0.25) is 0 Å². The molecular weight excluding hydrogens is 609 g/mol. The Kier molecular flexibility index (Phi) is 8.59. The van der Waals surface area contributed by atoms with E-state index in [0.29, 0.717) is 16.5 Å². The zero-order valence-corrected chi connectivity index (χ0v) is 24.1. The summed E-state index contributed by atoms with van der Waals surface area (Å²) >= 11 is 0. The van der Waals surface area contributed by atoms with Crippen LogP contribution in [0.1, 0.15) is 36.5 Å². The fourth-order valence-corrected chi connectivity index (χ4v) is 7.41. The van der Waals surface area contributed by atoms with Gasteiger partial charge in [0.05, 0.1) is 24.5 Å². The standard InChI is InChI=1S/C29H27F3N2O9S/c1-2-18-13-14-20(27-26(18)41-17-42-27)24-19-9-3-6-12-23(19)44(38,39)33(22-11-5-4-10-21(22)29(30,31)32)25(24)28(35)40-15-7-8-16-43-34(36)37/h3-6,9-14,19,23H,2,7-8,15-17H2,1H3. The molecule has 0 amide bonds. The smallest absolute Gasteiger partial charge is 0.418 e. The van der Waals surface area contributed by atoms with E-state index in [1.165, 1.54) is 18.2 Å². The lowest BCUT2D eigenvalue weighted by atomic mass is 9.84. The number of hydrogen-bond donors (Lipinski definition) is 0. The molecule has 11 nitrogen and oxygen atoms in total. The minimum absolute atomic E-state index is 0.0773. The Morgan fingerprint density at radius 1 is 1.07 bits per heavy atom. The number of rotatable bonds is 10. The minimum Gasteiger partial charge on any atom is -0.461 e. The Hall–Kier alpha value is -4.53. The second-order valence-corrected chi connectivity index (χ2v) is 11.9.